The molecule has 1 saturated carbocycles. The van der Waals surface area contributed by atoms with Crippen molar-refractivity contribution in [3.8, 4) is 17.1 Å². The van der Waals surface area contributed by atoms with E-state index in [1.54, 1.807) is 18.7 Å². The summed E-state index contributed by atoms with van der Waals surface area (Å²) in [6.45, 7) is 1.95. The Labute approximate surface area is 146 Å². The van der Waals surface area contributed by atoms with E-state index >= 15 is 0 Å². The van der Waals surface area contributed by atoms with Crippen molar-refractivity contribution in [1.29, 1.82) is 0 Å². The van der Waals surface area contributed by atoms with E-state index in [9.17, 15) is 18.3 Å². The van der Waals surface area contributed by atoms with Crippen molar-refractivity contribution < 1.29 is 22.8 Å². The third-order valence-corrected chi connectivity index (χ3v) is 4.74. The summed E-state index contributed by atoms with van der Waals surface area (Å²) in [4.78, 5) is 8.24. The van der Waals surface area contributed by atoms with Gasteiger partial charge in [0.15, 0.2) is 5.60 Å². The molecule has 2 heterocycles. The summed E-state index contributed by atoms with van der Waals surface area (Å²) in [5, 5.41) is 13.4. The summed E-state index contributed by atoms with van der Waals surface area (Å²) in [5.41, 5.74) is -0.0732. The first-order valence-corrected chi connectivity index (χ1v) is 7.99. The number of aryl methyl sites for hydroxylation is 1. The van der Waals surface area contributed by atoms with Crippen LogP contribution in [0.1, 0.15) is 30.2 Å². The highest BCUT2D eigenvalue weighted by atomic mass is 19.4. The number of aromatic nitrogens is 4. The second-order valence-corrected chi connectivity index (χ2v) is 6.56. The molecule has 1 N–H and O–H groups in total. The summed E-state index contributed by atoms with van der Waals surface area (Å²) < 4.78 is 45.2. The van der Waals surface area contributed by atoms with E-state index in [1.165, 1.54) is 0 Å². The Balaban J connectivity index is 1.57. The Morgan fingerprint density at radius 1 is 1.31 bits per heavy atom. The highest BCUT2D eigenvalue weighted by Crippen LogP contribution is 2.52. The molecule has 0 amide bonds. The van der Waals surface area contributed by atoms with Crippen molar-refractivity contribution >= 4 is 0 Å². The minimum atomic E-state index is -4.65. The molecule has 0 aliphatic heterocycles. The van der Waals surface area contributed by atoms with Crippen molar-refractivity contribution in [3.63, 3.8) is 0 Å². The number of halogens is 3. The second kappa shape index (κ2) is 5.66. The molecule has 1 aromatic carbocycles. The molecule has 1 fully saturated rings. The molecule has 1 aliphatic rings. The molecule has 0 bridgehead atoms. The molecule has 2 aromatic heterocycles. The van der Waals surface area contributed by atoms with E-state index in [0.717, 1.165) is 11.3 Å². The molecule has 9 heteroatoms. The normalized spacial score (nSPS) is 23.0. The highest BCUT2D eigenvalue weighted by Gasteiger charge is 2.62. The topological polar surface area (TPSA) is 77.0 Å². The van der Waals surface area contributed by atoms with E-state index in [2.05, 4.69) is 15.1 Å². The fourth-order valence-corrected chi connectivity index (χ4v) is 3.11. The quantitative estimate of drug-likeness (QED) is 0.771. The third kappa shape index (κ3) is 2.68. The Morgan fingerprint density at radius 2 is 2.08 bits per heavy atom. The predicted molar refractivity (Wildman–Crippen MR) is 84.6 cm³/mol. The Kier molecular flexibility index (Phi) is 3.65. The second-order valence-electron chi connectivity index (χ2n) is 6.56. The number of hydrogen-bond donors (Lipinski definition) is 1. The molecule has 0 radical (unpaired) electrons. The molecule has 3 aromatic rings. The number of hydrogen-bond acceptors (Lipinski definition) is 5. The number of rotatable bonds is 3. The van der Waals surface area contributed by atoms with Gasteiger partial charge in [-0.2, -0.15) is 18.2 Å². The monoisotopic (exact) mass is 364 g/mol. The fourth-order valence-electron chi connectivity index (χ4n) is 3.11. The van der Waals surface area contributed by atoms with Crippen molar-refractivity contribution in [1.82, 2.24) is 19.7 Å². The first kappa shape index (κ1) is 16.8. The first-order chi connectivity index (χ1) is 12.3. The van der Waals surface area contributed by atoms with Gasteiger partial charge >= 0.3 is 6.18 Å². The maximum atomic E-state index is 12.7. The lowest BCUT2D eigenvalue weighted by atomic mass is 9.70. The number of alkyl halides is 3. The summed E-state index contributed by atoms with van der Waals surface area (Å²) in [6, 6.07) is 5.57. The van der Waals surface area contributed by atoms with Gasteiger partial charge in [-0.1, -0.05) is 17.3 Å². The maximum absolute atomic E-state index is 12.7. The number of aliphatic hydroxyl groups is 1. The van der Waals surface area contributed by atoms with Crippen LogP contribution in [0.25, 0.3) is 17.1 Å². The van der Waals surface area contributed by atoms with Crippen LogP contribution in [-0.4, -0.2) is 36.6 Å². The molecule has 0 unspecified atom stereocenters. The van der Waals surface area contributed by atoms with Crippen molar-refractivity contribution in [2.24, 2.45) is 0 Å². The molecule has 0 saturated heterocycles. The SMILES string of the molecule is Cc1ccc(-c2noc(C3CC(O)(C(F)(F)F)C3)n2)cc1-n1ccnc1. The van der Waals surface area contributed by atoms with E-state index in [-0.39, 0.29) is 5.89 Å². The van der Waals surface area contributed by atoms with Crippen LogP contribution >= 0.6 is 0 Å². The summed E-state index contributed by atoms with van der Waals surface area (Å²) in [6.07, 6.45) is -0.446. The van der Waals surface area contributed by atoms with Crippen molar-refractivity contribution in [3.05, 3.63) is 48.4 Å². The molecule has 136 valence electrons. The molecule has 0 atom stereocenters. The summed E-state index contributed by atoms with van der Waals surface area (Å²) in [5.74, 6) is -0.191. The van der Waals surface area contributed by atoms with Gasteiger partial charge in [0.05, 0.1) is 12.0 Å². The zero-order valence-electron chi connectivity index (χ0n) is 13.7. The van der Waals surface area contributed by atoms with Gasteiger partial charge in [-0.15, -0.1) is 0 Å². The molecular weight excluding hydrogens is 349 g/mol. The average molecular weight is 364 g/mol. The Hall–Kier alpha value is -2.68. The van der Waals surface area contributed by atoms with E-state index in [1.807, 2.05) is 29.7 Å². The van der Waals surface area contributed by atoms with Crippen LogP contribution in [0.15, 0.2) is 41.4 Å². The molecular formula is C17H15F3N4O2. The maximum Gasteiger partial charge on any atom is 0.417 e. The summed E-state index contributed by atoms with van der Waals surface area (Å²) in [7, 11) is 0. The van der Waals surface area contributed by atoms with E-state index in [0.29, 0.717) is 11.4 Å². The van der Waals surface area contributed by atoms with Crippen LogP contribution in [0.3, 0.4) is 0 Å². The van der Waals surface area contributed by atoms with Gasteiger partial charge in [0.2, 0.25) is 11.7 Å². The van der Waals surface area contributed by atoms with E-state index in [4.69, 9.17) is 4.52 Å². The van der Waals surface area contributed by atoms with Crippen LogP contribution in [-0.2, 0) is 0 Å². The number of nitrogens with zero attached hydrogens (tertiary/aromatic N) is 4. The van der Waals surface area contributed by atoms with Crippen LogP contribution in [0, 0.1) is 6.92 Å². The molecule has 26 heavy (non-hydrogen) atoms. The minimum Gasteiger partial charge on any atom is -0.380 e. The van der Waals surface area contributed by atoms with Gasteiger partial charge in [0, 0.05) is 23.9 Å². The van der Waals surface area contributed by atoms with Gasteiger partial charge in [-0.3, -0.25) is 0 Å². The molecule has 4 rings (SSSR count). The lowest BCUT2D eigenvalue weighted by Gasteiger charge is -2.42. The van der Waals surface area contributed by atoms with Gasteiger partial charge < -0.3 is 14.2 Å². The van der Waals surface area contributed by atoms with Gasteiger partial charge in [0.25, 0.3) is 0 Å². The van der Waals surface area contributed by atoms with Gasteiger partial charge in [0.1, 0.15) is 0 Å². The zero-order valence-corrected chi connectivity index (χ0v) is 13.7. The fraction of sp³-hybridized carbons (Fsp3) is 0.353. The summed E-state index contributed by atoms with van der Waals surface area (Å²) >= 11 is 0. The number of benzene rings is 1. The highest BCUT2D eigenvalue weighted by molar-refractivity contribution is 5.60. The Bertz CT molecular complexity index is 928. The largest absolute Gasteiger partial charge is 0.417 e. The van der Waals surface area contributed by atoms with Crippen LogP contribution in [0.5, 0.6) is 0 Å². The third-order valence-electron chi connectivity index (χ3n) is 4.74. The average Bonchev–Trinajstić information content (AvgIpc) is 3.23. The molecule has 1 aliphatic carbocycles. The van der Waals surface area contributed by atoms with Gasteiger partial charge in [-0.05, 0) is 31.4 Å². The van der Waals surface area contributed by atoms with E-state index < -0.39 is 30.5 Å². The Morgan fingerprint density at radius 3 is 2.73 bits per heavy atom. The lowest BCUT2D eigenvalue weighted by molar-refractivity contribution is -0.292. The van der Waals surface area contributed by atoms with Crippen LogP contribution < -0.4 is 0 Å². The number of imidazole rings is 1. The molecule has 0 spiro atoms. The minimum absolute atomic E-state index is 0.110. The standard InChI is InChI=1S/C17H15F3N4O2/c1-10-2-3-11(6-13(10)24-5-4-21-9-24)14-22-15(26-23-14)12-7-16(25,8-12)17(18,19)20/h2-6,9,12,25H,7-8H2,1H3. The first-order valence-electron chi connectivity index (χ1n) is 7.99. The smallest absolute Gasteiger partial charge is 0.380 e. The lowest BCUT2D eigenvalue weighted by Crippen LogP contribution is -2.54. The van der Waals surface area contributed by atoms with Crippen molar-refractivity contribution in [2.75, 3.05) is 0 Å². The predicted octanol–water partition coefficient (Wildman–Crippen LogP) is 3.40. The molecule has 6 nitrogen and oxygen atoms in total. The van der Waals surface area contributed by atoms with Crippen molar-refractivity contribution in [2.45, 2.75) is 37.5 Å². The van der Waals surface area contributed by atoms with Crippen LogP contribution in [0.2, 0.25) is 0 Å². The zero-order chi connectivity index (χ0) is 18.5. The van der Waals surface area contributed by atoms with Gasteiger partial charge in [-0.25, -0.2) is 4.98 Å². The van der Waals surface area contributed by atoms with Crippen LogP contribution in [0.4, 0.5) is 13.2 Å².